The highest BCUT2D eigenvalue weighted by Crippen LogP contribution is 2.22. The van der Waals surface area contributed by atoms with Gasteiger partial charge in [0.2, 0.25) is 0 Å². The molecule has 2 heterocycles. The third-order valence-corrected chi connectivity index (χ3v) is 4.67. The number of carbonyl (C=O) groups excluding carboxylic acids is 2. The predicted octanol–water partition coefficient (Wildman–Crippen LogP) is 3.09. The van der Waals surface area contributed by atoms with Gasteiger partial charge < -0.3 is 10.3 Å². The second-order valence-electron chi connectivity index (χ2n) is 5.36. The third-order valence-electron chi connectivity index (χ3n) is 3.97. The molecule has 2 rings (SSSR count). The number of amides is 1. The average Bonchev–Trinajstić information content (AvgIpc) is 3.22. The molecule has 0 saturated carbocycles. The number of carbonyl (C=O) groups is 2. The van der Waals surface area contributed by atoms with Crippen LogP contribution in [0.15, 0.2) is 29.1 Å². The number of ketones is 1. The van der Waals surface area contributed by atoms with Crippen molar-refractivity contribution in [2.45, 2.75) is 26.8 Å². The van der Waals surface area contributed by atoms with Crippen LogP contribution >= 0.6 is 11.3 Å². The maximum absolute atomic E-state index is 12.3. The summed E-state index contributed by atoms with van der Waals surface area (Å²) in [5.41, 5.74) is 2.15. The first-order valence-electron chi connectivity index (χ1n) is 7.80. The van der Waals surface area contributed by atoms with Crippen LogP contribution in [-0.2, 0) is 0 Å². The van der Waals surface area contributed by atoms with E-state index in [0.29, 0.717) is 17.8 Å². The van der Waals surface area contributed by atoms with E-state index in [0.717, 1.165) is 13.1 Å². The van der Waals surface area contributed by atoms with Gasteiger partial charge in [0, 0.05) is 18.3 Å². The van der Waals surface area contributed by atoms with Crippen molar-refractivity contribution in [2.24, 2.45) is 0 Å². The normalized spacial score (nSPS) is 12.3. The number of nitrogens with one attached hydrogen (secondary N) is 2. The molecule has 0 radical (unpaired) electrons. The number of thiophene rings is 1. The van der Waals surface area contributed by atoms with E-state index >= 15 is 0 Å². The lowest BCUT2D eigenvalue weighted by Gasteiger charge is -2.29. The van der Waals surface area contributed by atoms with Gasteiger partial charge in [-0.3, -0.25) is 14.5 Å². The summed E-state index contributed by atoms with van der Waals surface area (Å²) >= 11 is 1.66. The molecule has 1 atom stereocenters. The van der Waals surface area contributed by atoms with Crippen LogP contribution in [0.5, 0.6) is 0 Å². The molecule has 0 unspecified atom stereocenters. The summed E-state index contributed by atoms with van der Waals surface area (Å²) in [6.45, 7) is 8.10. The van der Waals surface area contributed by atoms with E-state index in [1.54, 1.807) is 23.6 Å². The fraction of sp³-hybridized carbons (Fsp3) is 0.412. The van der Waals surface area contributed by atoms with Crippen LogP contribution in [0.1, 0.15) is 53.2 Å². The zero-order valence-electron chi connectivity index (χ0n) is 13.8. The zero-order chi connectivity index (χ0) is 16.8. The van der Waals surface area contributed by atoms with E-state index in [9.17, 15) is 9.59 Å². The van der Waals surface area contributed by atoms with Crippen LogP contribution in [-0.4, -0.2) is 41.2 Å². The Kier molecular flexibility index (Phi) is 6.12. The first-order valence-corrected chi connectivity index (χ1v) is 8.74. The Morgan fingerprint density at radius 1 is 1.35 bits per heavy atom. The Balaban J connectivity index is 2.05. The van der Waals surface area contributed by atoms with Gasteiger partial charge >= 0.3 is 0 Å². The molecule has 6 heteroatoms. The second kappa shape index (κ2) is 8.08. The first kappa shape index (κ1) is 17.4. The maximum atomic E-state index is 12.3. The van der Waals surface area contributed by atoms with Crippen molar-refractivity contribution in [3.05, 3.63) is 45.9 Å². The molecule has 124 valence electrons. The molecule has 1 amide bonds. The summed E-state index contributed by atoms with van der Waals surface area (Å²) in [7, 11) is 0. The van der Waals surface area contributed by atoms with Crippen LogP contribution in [0.4, 0.5) is 0 Å². The van der Waals surface area contributed by atoms with Crippen LogP contribution in [0, 0.1) is 0 Å². The van der Waals surface area contributed by atoms with E-state index in [2.05, 4.69) is 45.9 Å². The second-order valence-corrected chi connectivity index (χ2v) is 6.14. The Bertz CT molecular complexity index is 645. The SMILES string of the molecule is CCN(CC)[C@@H](CNC(=O)c1cc(C(C)=O)c[nH]1)c1ccsc1. The molecule has 5 nitrogen and oxygen atoms in total. The molecule has 0 fully saturated rings. The Hall–Kier alpha value is -1.92. The fourth-order valence-electron chi connectivity index (χ4n) is 2.60. The number of hydrogen-bond acceptors (Lipinski definition) is 4. The summed E-state index contributed by atoms with van der Waals surface area (Å²) in [6, 6.07) is 3.85. The van der Waals surface area contributed by atoms with Crippen molar-refractivity contribution >= 4 is 23.0 Å². The Labute approximate surface area is 140 Å². The van der Waals surface area contributed by atoms with Gasteiger partial charge in [-0.1, -0.05) is 13.8 Å². The molecule has 0 bridgehead atoms. The molecule has 0 aromatic carbocycles. The van der Waals surface area contributed by atoms with Crippen LogP contribution in [0.2, 0.25) is 0 Å². The molecule has 0 aliphatic carbocycles. The summed E-state index contributed by atoms with van der Waals surface area (Å²) in [4.78, 5) is 28.8. The van der Waals surface area contributed by atoms with Crippen molar-refractivity contribution in [2.75, 3.05) is 19.6 Å². The van der Waals surface area contributed by atoms with E-state index in [4.69, 9.17) is 0 Å². The highest BCUT2D eigenvalue weighted by molar-refractivity contribution is 7.07. The van der Waals surface area contributed by atoms with Crippen molar-refractivity contribution in [3.8, 4) is 0 Å². The number of aromatic nitrogens is 1. The minimum atomic E-state index is -0.190. The third kappa shape index (κ3) is 4.30. The van der Waals surface area contributed by atoms with Crippen molar-refractivity contribution in [3.63, 3.8) is 0 Å². The highest BCUT2D eigenvalue weighted by Gasteiger charge is 2.20. The van der Waals surface area contributed by atoms with Gasteiger partial charge in [0.05, 0.1) is 6.04 Å². The van der Waals surface area contributed by atoms with Crippen LogP contribution in [0.25, 0.3) is 0 Å². The molecule has 2 aromatic rings. The Morgan fingerprint density at radius 3 is 2.61 bits per heavy atom. The number of rotatable bonds is 8. The van der Waals surface area contributed by atoms with Crippen molar-refractivity contribution < 1.29 is 9.59 Å². The predicted molar refractivity (Wildman–Crippen MR) is 93.1 cm³/mol. The van der Waals surface area contributed by atoms with Crippen LogP contribution in [0.3, 0.4) is 0 Å². The van der Waals surface area contributed by atoms with Gasteiger partial charge in [0.15, 0.2) is 5.78 Å². The smallest absolute Gasteiger partial charge is 0.267 e. The number of nitrogens with zero attached hydrogens (tertiary/aromatic N) is 1. The summed E-state index contributed by atoms with van der Waals surface area (Å²) in [5.74, 6) is -0.246. The lowest BCUT2D eigenvalue weighted by atomic mass is 10.1. The van der Waals surface area contributed by atoms with E-state index in [-0.39, 0.29) is 17.7 Å². The van der Waals surface area contributed by atoms with Gasteiger partial charge in [-0.05, 0) is 48.5 Å². The topological polar surface area (TPSA) is 65.2 Å². The molecule has 2 N–H and O–H groups in total. The van der Waals surface area contributed by atoms with Crippen molar-refractivity contribution in [1.82, 2.24) is 15.2 Å². The minimum Gasteiger partial charge on any atom is -0.356 e. The van der Waals surface area contributed by atoms with E-state index in [1.807, 2.05) is 0 Å². The van der Waals surface area contributed by atoms with E-state index in [1.165, 1.54) is 12.5 Å². The minimum absolute atomic E-state index is 0.0559. The highest BCUT2D eigenvalue weighted by atomic mass is 32.1. The van der Waals surface area contributed by atoms with Gasteiger partial charge in [0.1, 0.15) is 5.69 Å². The van der Waals surface area contributed by atoms with Gasteiger partial charge in [-0.15, -0.1) is 0 Å². The van der Waals surface area contributed by atoms with Gasteiger partial charge in [-0.25, -0.2) is 0 Å². The number of H-pyrrole nitrogens is 1. The number of Topliss-reactive ketones (excluding diaryl/α,β-unsaturated/α-hetero) is 1. The fourth-order valence-corrected chi connectivity index (χ4v) is 3.31. The molecule has 23 heavy (non-hydrogen) atoms. The quantitative estimate of drug-likeness (QED) is 0.730. The molecule has 2 aromatic heterocycles. The lowest BCUT2D eigenvalue weighted by Crippen LogP contribution is -2.38. The van der Waals surface area contributed by atoms with Crippen LogP contribution < -0.4 is 5.32 Å². The van der Waals surface area contributed by atoms with E-state index < -0.39 is 0 Å². The zero-order valence-corrected chi connectivity index (χ0v) is 14.6. The summed E-state index contributed by atoms with van der Waals surface area (Å²) in [6.07, 6.45) is 1.57. The molecular formula is C17H23N3O2S. The summed E-state index contributed by atoms with van der Waals surface area (Å²) < 4.78 is 0. The molecule has 0 spiro atoms. The lowest BCUT2D eigenvalue weighted by molar-refractivity contribution is 0.0930. The molecule has 0 aliphatic heterocycles. The van der Waals surface area contributed by atoms with Gasteiger partial charge in [-0.2, -0.15) is 11.3 Å². The standard InChI is InChI=1S/C17H23N3O2S/c1-4-20(5-2)16(13-6-7-23-11-13)10-19-17(22)15-8-14(9-18-15)12(3)21/h6-9,11,16,18H,4-5,10H2,1-3H3,(H,19,22)/t16-/m0/s1. The monoisotopic (exact) mass is 333 g/mol. The summed E-state index contributed by atoms with van der Waals surface area (Å²) in [5, 5.41) is 7.15. The average molecular weight is 333 g/mol. The van der Waals surface area contributed by atoms with Gasteiger partial charge in [0.25, 0.3) is 5.91 Å². The number of hydrogen-bond donors (Lipinski definition) is 2. The number of likely N-dealkylation sites (N-methyl/N-ethyl adjacent to an activating group) is 1. The molecule has 0 aliphatic rings. The van der Waals surface area contributed by atoms with Crippen molar-refractivity contribution in [1.29, 1.82) is 0 Å². The first-order chi connectivity index (χ1) is 11.1. The molecular weight excluding hydrogens is 310 g/mol. The molecule has 0 saturated heterocycles. The Morgan fingerprint density at radius 2 is 2.09 bits per heavy atom. The number of aromatic amines is 1. The maximum Gasteiger partial charge on any atom is 0.267 e. The largest absolute Gasteiger partial charge is 0.356 e.